The number of nitrogens with one attached hydrogen (secondary N) is 1. The molecular weight excluding hydrogens is 312 g/mol. The molecule has 1 unspecified atom stereocenters. The van der Waals surface area contributed by atoms with Crippen molar-refractivity contribution >= 4 is 10.9 Å². The molecule has 4 rings (SSSR count). The van der Waals surface area contributed by atoms with Gasteiger partial charge in [0.15, 0.2) is 11.5 Å². The molecule has 0 aliphatic carbocycles. The largest absolute Gasteiger partial charge is 0.493 e. The van der Waals surface area contributed by atoms with Gasteiger partial charge in [0, 0.05) is 18.1 Å². The van der Waals surface area contributed by atoms with Gasteiger partial charge in [0.05, 0.1) is 25.3 Å². The molecule has 0 saturated heterocycles. The van der Waals surface area contributed by atoms with Crippen LogP contribution in [0.2, 0.25) is 0 Å². The van der Waals surface area contributed by atoms with Crippen molar-refractivity contribution in [2.75, 3.05) is 20.3 Å². The predicted molar refractivity (Wildman–Crippen MR) is 99.5 cm³/mol. The Labute approximate surface area is 147 Å². The second-order valence-electron chi connectivity index (χ2n) is 6.19. The number of benzene rings is 2. The summed E-state index contributed by atoms with van der Waals surface area (Å²) in [4.78, 5) is 4.49. The molecule has 1 N–H and O–H groups in total. The number of methoxy groups -OCH3 is 1. The molecule has 128 valence electrons. The van der Waals surface area contributed by atoms with Crippen molar-refractivity contribution in [3.05, 3.63) is 65.4 Å². The standard InChI is InChI=1S/C21H22N2O2/c1-3-25-20-13-17-14(12-19(20)24-2)8-10-23-21(17)16-9-11-22-18-7-5-4-6-15(16)18/h4-7,9,11-13,21,23H,3,8,10H2,1-2H3. The van der Waals surface area contributed by atoms with Gasteiger partial charge >= 0.3 is 0 Å². The van der Waals surface area contributed by atoms with Crippen LogP contribution in [0.4, 0.5) is 0 Å². The lowest BCUT2D eigenvalue weighted by molar-refractivity contribution is 0.309. The first-order chi connectivity index (χ1) is 12.3. The molecule has 0 saturated carbocycles. The van der Waals surface area contributed by atoms with Gasteiger partial charge in [-0.15, -0.1) is 0 Å². The summed E-state index contributed by atoms with van der Waals surface area (Å²) in [5.41, 5.74) is 4.84. The highest BCUT2D eigenvalue weighted by atomic mass is 16.5. The van der Waals surface area contributed by atoms with E-state index in [2.05, 4.69) is 46.7 Å². The van der Waals surface area contributed by atoms with Gasteiger partial charge in [0.1, 0.15) is 0 Å². The number of nitrogens with zero attached hydrogens (tertiary/aromatic N) is 1. The lowest BCUT2D eigenvalue weighted by Crippen LogP contribution is -2.30. The monoisotopic (exact) mass is 334 g/mol. The van der Waals surface area contributed by atoms with Gasteiger partial charge < -0.3 is 14.8 Å². The lowest BCUT2D eigenvalue weighted by Gasteiger charge is -2.29. The molecule has 0 bridgehead atoms. The summed E-state index contributed by atoms with van der Waals surface area (Å²) >= 11 is 0. The zero-order chi connectivity index (χ0) is 17.2. The fourth-order valence-electron chi connectivity index (χ4n) is 3.64. The first-order valence-corrected chi connectivity index (χ1v) is 8.72. The van der Waals surface area contributed by atoms with E-state index in [0.717, 1.165) is 30.0 Å². The second kappa shape index (κ2) is 6.73. The Kier molecular flexibility index (Phi) is 4.28. The van der Waals surface area contributed by atoms with Crippen molar-refractivity contribution < 1.29 is 9.47 Å². The summed E-state index contributed by atoms with van der Waals surface area (Å²) in [6.07, 6.45) is 2.87. The molecule has 1 atom stereocenters. The van der Waals surface area contributed by atoms with Crippen molar-refractivity contribution in [3.63, 3.8) is 0 Å². The first kappa shape index (κ1) is 15.9. The molecule has 0 radical (unpaired) electrons. The maximum Gasteiger partial charge on any atom is 0.161 e. The van der Waals surface area contributed by atoms with Crippen LogP contribution in [0.25, 0.3) is 10.9 Å². The third-order valence-electron chi connectivity index (χ3n) is 4.77. The fraction of sp³-hybridized carbons (Fsp3) is 0.286. The molecular formula is C21H22N2O2. The van der Waals surface area contributed by atoms with Crippen LogP contribution in [0.1, 0.15) is 29.7 Å². The molecule has 1 aliphatic heterocycles. The predicted octanol–water partition coefficient (Wildman–Crippen LogP) is 3.88. The molecule has 1 aromatic heterocycles. The average molecular weight is 334 g/mol. The van der Waals surface area contributed by atoms with Gasteiger partial charge in [-0.1, -0.05) is 18.2 Å². The van der Waals surface area contributed by atoms with Crippen LogP contribution >= 0.6 is 0 Å². The van der Waals surface area contributed by atoms with E-state index in [1.165, 1.54) is 22.1 Å². The molecule has 4 heteroatoms. The maximum atomic E-state index is 5.80. The Hall–Kier alpha value is -2.59. The van der Waals surface area contributed by atoms with Crippen LogP contribution < -0.4 is 14.8 Å². The SMILES string of the molecule is CCOc1cc2c(cc1OC)CCNC2c1ccnc2ccccc12. The summed E-state index contributed by atoms with van der Waals surface area (Å²) in [7, 11) is 1.69. The molecule has 2 aromatic carbocycles. The highest BCUT2D eigenvalue weighted by molar-refractivity contribution is 5.83. The summed E-state index contributed by atoms with van der Waals surface area (Å²) in [6.45, 7) is 3.54. The van der Waals surface area contributed by atoms with Crippen LogP contribution in [0.15, 0.2) is 48.7 Å². The van der Waals surface area contributed by atoms with Crippen LogP contribution in [-0.4, -0.2) is 25.2 Å². The number of pyridine rings is 1. The van der Waals surface area contributed by atoms with Gasteiger partial charge in [0.2, 0.25) is 0 Å². The highest BCUT2D eigenvalue weighted by Crippen LogP contribution is 2.38. The number of ether oxygens (including phenoxy) is 2. The van der Waals surface area contributed by atoms with E-state index < -0.39 is 0 Å². The quantitative estimate of drug-likeness (QED) is 0.786. The fourth-order valence-corrected chi connectivity index (χ4v) is 3.64. The Morgan fingerprint density at radius 3 is 2.84 bits per heavy atom. The zero-order valence-corrected chi connectivity index (χ0v) is 14.6. The summed E-state index contributed by atoms with van der Waals surface area (Å²) in [6, 6.07) is 14.8. The Morgan fingerprint density at radius 1 is 1.12 bits per heavy atom. The summed E-state index contributed by atoms with van der Waals surface area (Å²) in [5, 5.41) is 4.85. The minimum atomic E-state index is 0.127. The number of rotatable bonds is 4. The summed E-state index contributed by atoms with van der Waals surface area (Å²) < 4.78 is 11.3. The number of para-hydroxylation sites is 1. The number of fused-ring (bicyclic) bond motifs is 2. The average Bonchev–Trinajstić information content (AvgIpc) is 2.67. The number of hydrogen-bond acceptors (Lipinski definition) is 4. The van der Waals surface area contributed by atoms with E-state index in [4.69, 9.17) is 9.47 Å². The molecule has 0 spiro atoms. The van der Waals surface area contributed by atoms with E-state index in [1.54, 1.807) is 7.11 Å². The van der Waals surface area contributed by atoms with E-state index in [1.807, 2.05) is 19.2 Å². The first-order valence-electron chi connectivity index (χ1n) is 8.72. The topological polar surface area (TPSA) is 43.4 Å². The van der Waals surface area contributed by atoms with Gasteiger partial charge in [-0.25, -0.2) is 0 Å². The van der Waals surface area contributed by atoms with Crippen molar-refractivity contribution in [3.8, 4) is 11.5 Å². The Morgan fingerprint density at radius 2 is 2.00 bits per heavy atom. The van der Waals surface area contributed by atoms with Crippen molar-refractivity contribution in [1.82, 2.24) is 10.3 Å². The molecule has 25 heavy (non-hydrogen) atoms. The smallest absolute Gasteiger partial charge is 0.161 e. The van der Waals surface area contributed by atoms with Crippen LogP contribution in [-0.2, 0) is 6.42 Å². The lowest BCUT2D eigenvalue weighted by atomic mass is 9.88. The third-order valence-corrected chi connectivity index (χ3v) is 4.77. The summed E-state index contributed by atoms with van der Waals surface area (Å²) in [5.74, 6) is 1.61. The Balaban J connectivity index is 1.87. The molecule has 4 nitrogen and oxygen atoms in total. The van der Waals surface area contributed by atoms with Crippen LogP contribution in [0.3, 0.4) is 0 Å². The second-order valence-corrected chi connectivity index (χ2v) is 6.19. The number of aromatic nitrogens is 1. The molecule has 0 fully saturated rings. The number of hydrogen-bond donors (Lipinski definition) is 1. The van der Waals surface area contributed by atoms with Crippen molar-refractivity contribution in [2.24, 2.45) is 0 Å². The highest BCUT2D eigenvalue weighted by Gasteiger charge is 2.25. The maximum absolute atomic E-state index is 5.80. The Bertz CT molecular complexity index is 902. The molecule has 0 amide bonds. The zero-order valence-electron chi connectivity index (χ0n) is 14.6. The van der Waals surface area contributed by atoms with Gasteiger partial charge in [-0.2, -0.15) is 0 Å². The molecule has 3 aromatic rings. The normalized spacial score (nSPS) is 16.5. The van der Waals surface area contributed by atoms with E-state index in [9.17, 15) is 0 Å². The molecule has 2 heterocycles. The molecule has 1 aliphatic rings. The van der Waals surface area contributed by atoms with Gasteiger partial charge in [-0.3, -0.25) is 4.98 Å². The van der Waals surface area contributed by atoms with E-state index in [-0.39, 0.29) is 6.04 Å². The van der Waals surface area contributed by atoms with Crippen LogP contribution in [0.5, 0.6) is 11.5 Å². The van der Waals surface area contributed by atoms with Gasteiger partial charge in [-0.05, 0) is 54.3 Å². The van der Waals surface area contributed by atoms with Crippen LogP contribution in [0, 0.1) is 0 Å². The van der Waals surface area contributed by atoms with Crippen molar-refractivity contribution in [2.45, 2.75) is 19.4 Å². The third kappa shape index (κ3) is 2.83. The van der Waals surface area contributed by atoms with Crippen molar-refractivity contribution in [1.29, 1.82) is 0 Å². The van der Waals surface area contributed by atoms with E-state index in [0.29, 0.717) is 6.61 Å². The van der Waals surface area contributed by atoms with Gasteiger partial charge in [0.25, 0.3) is 0 Å². The minimum Gasteiger partial charge on any atom is -0.493 e. The van der Waals surface area contributed by atoms with E-state index >= 15 is 0 Å². The minimum absolute atomic E-state index is 0.127.